The van der Waals surface area contributed by atoms with E-state index < -0.39 is 0 Å². The summed E-state index contributed by atoms with van der Waals surface area (Å²) in [5.41, 5.74) is 8.37. The van der Waals surface area contributed by atoms with Crippen molar-refractivity contribution in [2.75, 3.05) is 18.5 Å². The molecule has 7 nitrogen and oxygen atoms in total. The summed E-state index contributed by atoms with van der Waals surface area (Å²) in [6.07, 6.45) is 6.27. The molecule has 1 aliphatic rings. The average molecular weight is 476 g/mol. The van der Waals surface area contributed by atoms with Crippen LogP contribution in [0, 0.1) is 6.92 Å². The number of benzene rings is 2. The highest BCUT2D eigenvalue weighted by atomic mass is 15.1. The van der Waals surface area contributed by atoms with Gasteiger partial charge in [-0.15, -0.1) is 0 Å². The predicted molar refractivity (Wildman–Crippen MR) is 143 cm³/mol. The largest absolute Gasteiger partial charge is 0.373 e. The van der Waals surface area contributed by atoms with E-state index in [2.05, 4.69) is 93.8 Å². The number of rotatable bonds is 5. The molecule has 6 rings (SSSR count). The number of anilines is 1. The van der Waals surface area contributed by atoms with Crippen molar-refractivity contribution in [1.29, 1.82) is 0 Å². The van der Waals surface area contributed by atoms with Crippen molar-refractivity contribution < 1.29 is 0 Å². The maximum atomic E-state index is 5.02. The van der Waals surface area contributed by atoms with Gasteiger partial charge in [0, 0.05) is 49.2 Å². The summed E-state index contributed by atoms with van der Waals surface area (Å²) in [5.74, 6) is 1.55. The summed E-state index contributed by atoms with van der Waals surface area (Å²) in [6.45, 7) is 8.06. The maximum absolute atomic E-state index is 5.02. The van der Waals surface area contributed by atoms with Gasteiger partial charge in [-0.2, -0.15) is 0 Å². The molecule has 5 aromatic rings. The van der Waals surface area contributed by atoms with E-state index in [-0.39, 0.29) is 5.41 Å². The molecular weight excluding hydrogens is 446 g/mol. The van der Waals surface area contributed by atoms with Gasteiger partial charge in [0.05, 0.1) is 5.56 Å². The summed E-state index contributed by atoms with van der Waals surface area (Å²) in [5, 5.41) is 0. The predicted octanol–water partition coefficient (Wildman–Crippen LogP) is 5.23. The van der Waals surface area contributed by atoms with Gasteiger partial charge >= 0.3 is 0 Å². The second-order valence-electron chi connectivity index (χ2n) is 9.90. The fourth-order valence-electron chi connectivity index (χ4n) is 5.57. The van der Waals surface area contributed by atoms with Crippen LogP contribution in [0.1, 0.15) is 30.8 Å². The summed E-state index contributed by atoms with van der Waals surface area (Å²) in [6, 6.07) is 17.4. The van der Waals surface area contributed by atoms with Crippen LogP contribution in [0.5, 0.6) is 0 Å². The van der Waals surface area contributed by atoms with E-state index in [1.54, 1.807) is 6.33 Å². The molecule has 0 spiro atoms. The Kier molecular flexibility index (Phi) is 5.29. The van der Waals surface area contributed by atoms with Gasteiger partial charge in [-0.1, -0.05) is 43.3 Å². The van der Waals surface area contributed by atoms with Crippen molar-refractivity contribution in [2.24, 2.45) is 0 Å². The van der Waals surface area contributed by atoms with Crippen molar-refractivity contribution in [1.82, 2.24) is 29.5 Å². The van der Waals surface area contributed by atoms with Gasteiger partial charge in [-0.25, -0.2) is 24.9 Å². The highest BCUT2D eigenvalue weighted by Crippen LogP contribution is 2.44. The summed E-state index contributed by atoms with van der Waals surface area (Å²) in [7, 11) is 2.18. The van der Waals surface area contributed by atoms with Gasteiger partial charge in [0.2, 0.25) is 0 Å². The molecule has 0 aliphatic carbocycles. The summed E-state index contributed by atoms with van der Waals surface area (Å²) < 4.78 is 2.11. The molecule has 1 aliphatic heterocycles. The summed E-state index contributed by atoms with van der Waals surface area (Å²) in [4.78, 5) is 25.5. The Balaban J connectivity index is 1.48. The minimum atomic E-state index is 0.000763. The van der Waals surface area contributed by atoms with Gasteiger partial charge < -0.3 is 9.47 Å². The van der Waals surface area contributed by atoms with E-state index in [0.29, 0.717) is 0 Å². The second kappa shape index (κ2) is 8.52. The zero-order valence-corrected chi connectivity index (χ0v) is 21.1. The fraction of sp³-hybridized carbons (Fsp3) is 0.276. The lowest BCUT2D eigenvalue weighted by atomic mass is 9.78. The molecule has 0 saturated heterocycles. The highest BCUT2D eigenvalue weighted by Gasteiger charge is 2.38. The molecule has 1 atom stereocenters. The molecule has 180 valence electrons. The number of aryl methyl sites for hydroxylation is 2. The molecule has 2 aromatic carbocycles. The van der Waals surface area contributed by atoms with Crippen LogP contribution in [0.3, 0.4) is 0 Å². The van der Waals surface area contributed by atoms with Crippen LogP contribution in [0.25, 0.3) is 33.8 Å². The van der Waals surface area contributed by atoms with Crippen LogP contribution < -0.4 is 4.90 Å². The lowest BCUT2D eigenvalue weighted by Gasteiger charge is -2.25. The van der Waals surface area contributed by atoms with Gasteiger partial charge in [-0.05, 0) is 43.5 Å². The Labute approximate surface area is 210 Å². The monoisotopic (exact) mass is 475 g/mol. The van der Waals surface area contributed by atoms with E-state index in [1.165, 1.54) is 16.8 Å². The third-order valence-electron chi connectivity index (χ3n) is 7.24. The van der Waals surface area contributed by atoms with Crippen LogP contribution in [0.2, 0.25) is 0 Å². The molecular formula is C29H29N7. The molecule has 0 saturated carbocycles. The Morgan fingerprint density at radius 3 is 2.47 bits per heavy atom. The fourth-order valence-corrected chi connectivity index (χ4v) is 5.57. The van der Waals surface area contributed by atoms with Crippen molar-refractivity contribution >= 4 is 16.9 Å². The van der Waals surface area contributed by atoms with Gasteiger partial charge in [-0.3, -0.25) is 0 Å². The zero-order valence-electron chi connectivity index (χ0n) is 21.1. The Morgan fingerprint density at radius 2 is 1.72 bits per heavy atom. The van der Waals surface area contributed by atoms with E-state index in [9.17, 15) is 0 Å². The Hall–Kier alpha value is -4.13. The van der Waals surface area contributed by atoms with Crippen molar-refractivity contribution in [3.63, 3.8) is 0 Å². The number of aromatic nitrogens is 6. The minimum Gasteiger partial charge on any atom is -0.373 e. The molecule has 4 heterocycles. The zero-order chi connectivity index (χ0) is 24.9. The quantitative estimate of drug-likeness (QED) is 0.347. The first kappa shape index (κ1) is 22.3. The van der Waals surface area contributed by atoms with Crippen molar-refractivity contribution in [2.45, 2.75) is 39.2 Å². The van der Waals surface area contributed by atoms with Crippen LogP contribution in [0.4, 0.5) is 5.69 Å². The van der Waals surface area contributed by atoms with Crippen molar-refractivity contribution in [3.8, 4) is 22.6 Å². The standard InChI is InChI=1S/C29H29N7/c1-5-36-27(22-15-30-19(2)31-16-22)34-26-25(32-18-33-28(26)36)21-11-12-24-23(13-21)29(3,17-35(24)4)14-20-9-7-6-8-10-20/h6-13,15-16,18H,5,14,17H2,1-4H3. The second-order valence-corrected chi connectivity index (χ2v) is 9.90. The van der Waals surface area contributed by atoms with Crippen LogP contribution in [0.15, 0.2) is 67.3 Å². The van der Waals surface area contributed by atoms with E-state index in [1.807, 2.05) is 19.3 Å². The van der Waals surface area contributed by atoms with Gasteiger partial charge in [0.1, 0.15) is 29.2 Å². The lowest BCUT2D eigenvalue weighted by Crippen LogP contribution is -2.30. The molecule has 7 heteroatoms. The first-order valence-electron chi connectivity index (χ1n) is 12.4. The molecule has 3 aromatic heterocycles. The molecule has 1 unspecified atom stereocenters. The number of likely N-dealkylation sites (N-methyl/N-ethyl adjacent to an activating group) is 1. The summed E-state index contributed by atoms with van der Waals surface area (Å²) >= 11 is 0. The van der Waals surface area contributed by atoms with E-state index >= 15 is 0 Å². The topological polar surface area (TPSA) is 72.6 Å². The molecule has 0 radical (unpaired) electrons. The Bertz CT molecular complexity index is 1560. The Morgan fingerprint density at radius 1 is 0.944 bits per heavy atom. The number of nitrogens with zero attached hydrogens (tertiary/aromatic N) is 7. The molecule has 0 fully saturated rings. The molecule has 0 N–H and O–H groups in total. The molecule has 36 heavy (non-hydrogen) atoms. The van der Waals surface area contributed by atoms with Gasteiger partial charge in [0.15, 0.2) is 5.65 Å². The molecule has 0 amide bonds. The normalized spacial score (nSPS) is 17.1. The van der Waals surface area contributed by atoms with E-state index in [0.717, 1.165) is 59.1 Å². The maximum Gasteiger partial charge on any atom is 0.164 e. The third kappa shape index (κ3) is 3.63. The van der Waals surface area contributed by atoms with Crippen LogP contribution in [-0.2, 0) is 18.4 Å². The van der Waals surface area contributed by atoms with Crippen molar-refractivity contribution in [3.05, 3.63) is 84.2 Å². The first-order valence-corrected chi connectivity index (χ1v) is 12.4. The van der Waals surface area contributed by atoms with Crippen LogP contribution in [-0.4, -0.2) is 43.1 Å². The number of imidazole rings is 1. The highest BCUT2D eigenvalue weighted by molar-refractivity contribution is 5.90. The number of hydrogen-bond acceptors (Lipinski definition) is 6. The number of fused-ring (bicyclic) bond motifs is 2. The first-order chi connectivity index (χ1) is 17.5. The van der Waals surface area contributed by atoms with Crippen LogP contribution >= 0.6 is 0 Å². The van der Waals surface area contributed by atoms with Gasteiger partial charge in [0.25, 0.3) is 0 Å². The lowest BCUT2D eigenvalue weighted by molar-refractivity contribution is 0.502. The van der Waals surface area contributed by atoms with E-state index in [4.69, 9.17) is 9.97 Å². The minimum absolute atomic E-state index is 0.000763. The third-order valence-corrected chi connectivity index (χ3v) is 7.24. The molecule has 0 bridgehead atoms. The SMILES string of the molecule is CCn1c(-c2cnc(C)nc2)nc2c(-c3ccc4c(c3)C(C)(Cc3ccccc3)CN4C)ncnc21. The number of hydrogen-bond donors (Lipinski definition) is 0. The smallest absolute Gasteiger partial charge is 0.164 e. The average Bonchev–Trinajstić information content (AvgIpc) is 3.39.